The van der Waals surface area contributed by atoms with E-state index in [1.807, 2.05) is 13.8 Å². The fraction of sp³-hybridized carbons (Fsp3) is 0.875. The standard InChI is InChI=1S/C16H26O2S/c1-11(2)14(18)6-4-5-7-15-13-8-12(17)9-16(13,3)10-19-15/h11,13,15H,4-10H2,1-3H3/t13-,15+,16+/m0/s1. The van der Waals surface area contributed by atoms with E-state index in [-0.39, 0.29) is 11.3 Å². The smallest absolute Gasteiger partial charge is 0.135 e. The molecule has 2 nitrogen and oxygen atoms in total. The van der Waals surface area contributed by atoms with Gasteiger partial charge in [-0.05, 0) is 29.9 Å². The summed E-state index contributed by atoms with van der Waals surface area (Å²) in [7, 11) is 0. The van der Waals surface area contributed by atoms with Crippen molar-refractivity contribution < 1.29 is 9.59 Å². The zero-order valence-electron chi connectivity index (χ0n) is 12.4. The minimum Gasteiger partial charge on any atom is -0.300 e. The van der Waals surface area contributed by atoms with Gasteiger partial charge < -0.3 is 0 Å². The maximum absolute atomic E-state index is 11.6. The molecule has 1 aliphatic heterocycles. The van der Waals surface area contributed by atoms with Gasteiger partial charge >= 0.3 is 0 Å². The van der Waals surface area contributed by atoms with Crippen molar-refractivity contribution in [3.63, 3.8) is 0 Å². The van der Waals surface area contributed by atoms with Crippen LogP contribution >= 0.6 is 11.8 Å². The lowest BCUT2D eigenvalue weighted by molar-refractivity contribution is -0.122. The second-order valence-electron chi connectivity index (χ2n) is 6.90. The third-order valence-corrected chi connectivity index (χ3v) is 6.64. The Balaban J connectivity index is 1.73. The highest BCUT2D eigenvalue weighted by atomic mass is 32.2. The molecule has 1 aliphatic carbocycles. The first kappa shape index (κ1) is 15.1. The predicted octanol–water partition coefficient (Wildman–Crippen LogP) is 3.87. The highest BCUT2D eigenvalue weighted by Gasteiger charge is 2.51. The number of Topliss-reactive ketones (excluding diaryl/α,β-unsaturated/α-hetero) is 2. The van der Waals surface area contributed by atoms with E-state index in [1.54, 1.807) is 0 Å². The van der Waals surface area contributed by atoms with Crippen LogP contribution in [-0.2, 0) is 9.59 Å². The number of carbonyl (C=O) groups is 2. The Kier molecular flexibility index (Phi) is 4.75. The Hall–Kier alpha value is -0.310. The second kappa shape index (κ2) is 5.99. The van der Waals surface area contributed by atoms with Crippen LogP contribution in [0.3, 0.4) is 0 Å². The van der Waals surface area contributed by atoms with Gasteiger partial charge in [0.25, 0.3) is 0 Å². The number of ketones is 2. The van der Waals surface area contributed by atoms with E-state index in [1.165, 1.54) is 6.42 Å². The number of thioether (sulfide) groups is 1. The van der Waals surface area contributed by atoms with Crippen LogP contribution in [0.5, 0.6) is 0 Å². The topological polar surface area (TPSA) is 34.1 Å². The molecule has 19 heavy (non-hydrogen) atoms. The van der Waals surface area contributed by atoms with Gasteiger partial charge in [-0.25, -0.2) is 0 Å². The van der Waals surface area contributed by atoms with E-state index in [9.17, 15) is 9.59 Å². The van der Waals surface area contributed by atoms with Crippen LogP contribution in [0.25, 0.3) is 0 Å². The fourth-order valence-electron chi connectivity index (χ4n) is 3.52. The van der Waals surface area contributed by atoms with Crippen molar-refractivity contribution in [1.29, 1.82) is 0 Å². The average molecular weight is 282 g/mol. The van der Waals surface area contributed by atoms with Gasteiger partial charge in [-0.3, -0.25) is 9.59 Å². The number of rotatable bonds is 6. The molecule has 1 saturated carbocycles. The second-order valence-corrected chi connectivity index (χ2v) is 8.12. The van der Waals surface area contributed by atoms with E-state index >= 15 is 0 Å². The lowest BCUT2D eigenvalue weighted by Gasteiger charge is -2.24. The van der Waals surface area contributed by atoms with E-state index in [0.29, 0.717) is 22.7 Å². The number of hydrogen-bond acceptors (Lipinski definition) is 3. The highest BCUT2D eigenvalue weighted by molar-refractivity contribution is 8.00. The minimum atomic E-state index is 0.177. The van der Waals surface area contributed by atoms with Crippen LogP contribution in [-0.4, -0.2) is 22.6 Å². The van der Waals surface area contributed by atoms with Crippen molar-refractivity contribution in [3.05, 3.63) is 0 Å². The zero-order chi connectivity index (χ0) is 14.0. The number of unbranched alkanes of at least 4 members (excludes halogenated alkanes) is 1. The number of fused-ring (bicyclic) bond motifs is 1. The Morgan fingerprint density at radius 2 is 2.16 bits per heavy atom. The molecule has 1 heterocycles. The fourth-order valence-corrected chi connectivity index (χ4v) is 5.42. The first-order valence-corrected chi connectivity index (χ1v) is 8.63. The highest BCUT2D eigenvalue weighted by Crippen LogP contribution is 2.55. The van der Waals surface area contributed by atoms with Crippen molar-refractivity contribution in [2.75, 3.05) is 5.75 Å². The molecule has 3 atom stereocenters. The van der Waals surface area contributed by atoms with Gasteiger partial charge in [0.1, 0.15) is 11.6 Å². The maximum atomic E-state index is 11.6. The van der Waals surface area contributed by atoms with Gasteiger partial charge in [-0.15, -0.1) is 0 Å². The summed E-state index contributed by atoms with van der Waals surface area (Å²) in [5, 5.41) is 0.658. The monoisotopic (exact) mass is 282 g/mol. The number of carbonyl (C=O) groups excluding carboxylic acids is 2. The van der Waals surface area contributed by atoms with Gasteiger partial charge in [-0.1, -0.05) is 27.2 Å². The zero-order valence-corrected chi connectivity index (χ0v) is 13.2. The SMILES string of the molecule is CC(C)C(=O)CCCC[C@H]1SC[C@@]2(C)CC(=O)C[C@@H]12. The van der Waals surface area contributed by atoms with E-state index in [0.717, 1.165) is 37.9 Å². The molecule has 0 N–H and O–H groups in total. The first-order chi connectivity index (χ1) is 8.92. The summed E-state index contributed by atoms with van der Waals surface area (Å²) in [6, 6.07) is 0. The third-order valence-electron chi connectivity index (χ3n) is 4.83. The Bertz CT molecular complexity index is 364. The molecule has 0 aromatic heterocycles. The molecule has 0 aromatic rings. The molecule has 0 radical (unpaired) electrons. The molecular formula is C16H26O2S. The van der Waals surface area contributed by atoms with Crippen LogP contribution in [0.4, 0.5) is 0 Å². The molecule has 0 aromatic carbocycles. The molecule has 0 bridgehead atoms. The summed E-state index contributed by atoms with van der Waals surface area (Å²) < 4.78 is 0. The van der Waals surface area contributed by atoms with E-state index < -0.39 is 0 Å². The van der Waals surface area contributed by atoms with Crippen LogP contribution in [0.2, 0.25) is 0 Å². The molecular weight excluding hydrogens is 256 g/mol. The van der Waals surface area contributed by atoms with Crippen LogP contribution in [0.1, 0.15) is 59.3 Å². The summed E-state index contributed by atoms with van der Waals surface area (Å²) in [6.07, 6.45) is 5.67. The summed E-state index contributed by atoms with van der Waals surface area (Å²) in [4.78, 5) is 23.2. The lowest BCUT2D eigenvalue weighted by atomic mass is 9.79. The number of hydrogen-bond donors (Lipinski definition) is 0. The Morgan fingerprint density at radius 1 is 1.42 bits per heavy atom. The van der Waals surface area contributed by atoms with Gasteiger partial charge in [0.15, 0.2) is 0 Å². The molecule has 0 amide bonds. The molecule has 1 saturated heterocycles. The molecule has 2 fully saturated rings. The summed E-state index contributed by atoms with van der Waals surface area (Å²) in [6.45, 7) is 6.24. The van der Waals surface area contributed by atoms with Crippen LogP contribution in [0, 0.1) is 17.3 Å². The predicted molar refractivity (Wildman–Crippen MR) is 80.4 cm³/mol. The van der Waals surface area contributed by atoms with Gasteiger partial charge in [0, 0.05) is 30.4 Å². The van der Waals surface area contributed by atoms with E-state index in [2.05, 4.69) is 18.7 Å². The quantitative estimate of drug-likeness (QED) is 0.693. The summed E-state index contributed by atoms with van der Waals surface area (Å²) in [5.41, 5.74) is 0.278. The molecule has 2 rings (SSSR count). The summed E-state index contributed by atoms with van der Waals surface area (Å²) >= 11 is 2.06. The minimum absolute atomic E-state index is 0.177. The summed E-state index contributed by atoms with van der Waals surface area (Å²) in [5.74, 6) is 2.79. The van der Waals surface area contributed by atoms with Gasteiger partial charge in [-0.2, -0.15) is 11.8 Å². The molecule has 0 spiro atoms. The normalized spacial score (nSPS) is 34.0. The molecule has 2 aliphatic rings. The van der Waals surface area contributed by atoms with Crippen molar-refractivity contribution in [2.24, 2.45) is 17.3 Å². The largest absolute Gasteiger partial charge is 0.300 e. The average Bonchev–Trinajstić information content (AvgIpc) is 2.77. The van der Waals surface area contributed by atoms with Crippen molar-refractivity contribution >= 4 is 23.3 Å². The van der Waals surface area contributed by atoms with Crippen LogP contribution in [0.15, 0.2) is 0 Å². The van der Waals surface area contributed by atoms with Crippen molar-refractivity contribution in [3.8, 4) is 0 Å². The lowest BCUT2D eigenvalue weighted by Crippen LogP contribution is -2.23. The molecule has 108 valence electrons. The Labute approximate surface area is 121 Å². The third kappa shape index (κ3) is 3.42. The van der Waals surface area contributed by atoms with Crippen molar-refractivity contribution in [2.45, 2.75) is 64.5 Å². The van der Waals surface area contributed by atoms with Gasteiger partial charge in [0.2, 0.25) is 0 Å². The molecule has 3 heteroatoms. The Morgan fingerprint density at radius 3 is 2.84 bits per heavy atom. The van der Waals surface area contributed by atoms with Gasteiger partial charge in [0.05, 0.1) is 0 Å². The molecule has 0 unspecified atom stereocenters. The van der Waals surface area contributed by atoms with Crippen LogP contribution < -0.4 is 0 Å². The van der Waals surface area contributed by atoms with Crippen molar-refractivity contribution in [1.82, 2.24) is 0 Å². The first-order valence-electron chi connectivity index (χ1n) is 7.58. The van der Waals surface area contributed by atoms with E-state index in [4.69, 9.17) is 0 Å². The maximum Gasteiger partial charge on any atom is 0.135 e.